The first-order valence-corrected chi connectivity index (χ1v) is 13.8. The predicted molar refractivity (Wildman–Crippen MR) is 149 cm³/mol. The van der Waals surface area contributed by atoms with Crippen LogP contribution in [0.1, 0.15) is 46.3 Å². The van der Waals surface area contributed by atoms with E-state index in [4.69, 9.17) is 14.6 Å². The molecule has 0 spiro atoms. The zero-order valence-electron chi connectivity index (χ0n) is 21.1. The molecule has 1 aliphatic heterocycles. The minimum Gasteiger partial charge on any atom is -0.489 e. The van der Waals surface area contributed by atoms with E-state index in [-0.39, 0.29) is 17.7 Å². The van der Waals surface area contributed by atoms with Gasteiger partial charge < -0.3 is 14.6 Å². The zero-order valence-corrected chi connectivity index (χ0v) is 22.8. The lowest BCUT2D eigenvalue weighted by molar-refractivity contribution is -0.139. The van der Waals surface area contributed by atoms with E-state index in [0.717, 1.165) is 16.0 Å². The lowest BCUT2D eigenvalue weighted by Crippen LogP contribution is -2.39. The molecule has 198 valence electrons. The molecule has 0 fully saturated rings. The Morgan fingerprint density at radius 3 is 2.49 bits per heavy atom. The summed E-state index contributed by atoms with van der Waals surface area (Å²) in [5.74, 6) is -0.801. The number of hydrogen-bond acceptors (Lipinski definition) is 8. The largest absolute Gasteiger partial charge is 0.489 e. The first-order chi connectivity index (χ1) is 18.9. The first-order valence-electron chi connectivity index (χ1n) is 12.1. The highest BCUT2D eigenvalue weighted by Crippen LogP contribution is 2.33. The Bertz CT molecular complexity index is 1730. The number of carbonyl (C=O) groups is 2. The number of carboxylic acid groups (broad SMARTS) is 1. The summed E-state index contributed by atoms with van der Waals surface area (Å²) in [5, 5.41) is 10.9. The lowest BCUT2D eigenvalue weighted by atomic mass is 10.0. The molecular weight excluding hydrogens is 536 g/mol. The van der Waals surface area contributed by atoms with E-state index >= 15 is 0 Å². The third-order valence-electron chi connectivity index (χ3n) is 6.11. The summed E-state index contributed by atoms with van der Waals surface area (Å²) in [6.45, 7) is 4.04. The van der Waals surface area contributed by atoms with Gasteiger partial charge in [-0.15, -0.1) is 11.3 Å². The molecule has 0 saturated heterocycles. The summed E-state index contributed by atoms with van der Waals surface area (Å²) >= 11 is 2.75. The molecule has 5 rings (SSSR count). The van der Waals surface area contributed by atoms with Gasteiger partial charge in [0, 0.05) is 4.88 Å². The molecule has 0 bridgehead atoms. The van der Waals surface area contributed by atoms with Crippen molar-refractivity contribution in [3.05, 3.63) is 119 Å². The number of hydrogen-bond donors (Lipinski definition) is 1. The molecule has 2 aromatic heterocycles. The van der Waals surface area contributed by atoms with Crippen LogP contribution in [0.15, 0.2) is 87.1 Å². The molecule has 3 heterocycles. The van der Waals surface area contributed by atoms with Crippen LogP contribution >= 0.6 is 22.7 Å². The Balaban J connectivity index is 1.42. The molecule has 0 aliphatic carbocycles. The molecular formula is C29H24N2O6S2. The van der Waals surface area contributed by atoms with Crippen molar-refractivity contribution in [1.29, 1.82) is 0 Å². The van der Waals surface area contributed by atoms with Crippen LogP contribution in [0.25, 0.3) is 6.08 Å². The summed E-state index contributed by atoms with van der Waals surface area (Å²) in [5.41, 5.74) is 2.57. The van der Waals surface area contributed by atoms with E-state index < -0.39 is 18.0 Å². The average molecular weight is 561 g/mol. The van der Waals surface area contributed by atoms with Crippen LogP contribution in [0.2, 0.25) is 0 Å². The molecule has 2 aromatic carbocycles. The van der Waals surface area contributed by atoms with Crippen molar-refractivity contribution in [1.82, 2.24) is 4.57 Å². The summed E-state index contributed by atoms with van der Waals surface area (Å²) in [6, 6.07) is 17.1. The van der Waals surface area contributed by atoms with Crippen LogP contribution < -0.4 is 19.6 Å². The maximum absolute atomic E-state index is 13.6. The first kappa shape index (κ1) is 26.3. The van der Waals surface area contributed by atoms with Gasteiger partial charge in [-0.05, 0) is 66.8 Å². The van der Waals surface area contributed by atoms with Crippen molar-refractivity contribution in [2.75, 3.05) is 6.61 Å². The van der Waals surface area contributed by atoms with Gasteiger partial charge in [-0.25, -0.2) is 14.6 Å². The van der Waals surface area contributed by atoms with Gasteiger partial charge in [-0.1, -0.05) is 41.7 Å². The number of ether oxygens (including phenoxy) is 2. The van der Waals surface area contributed by atoms with Gasteiger partial charge in [-0.2, -0.15) is 0 Å². The van der Waals surface area contributed by atoms with Crippen molar-refractivity contribution in [3.8, 4) is 5.75 Å². The van der Waals surface area contributed by atoms with Crippen LogP contribution in [-0.2, 0) is 16.1 Å². The summed E-state index contributed by atoms with van der Waals surface area (Å²) in [4.78, 5) is 43.4. The van der Waals surface area contributed by atoms with Crippen LogP contribution in [0.4, 0.5) is 0 Å². The van der Waals surface area contributed by atoms with Crippen molar-refractivity contribution >= 4 is 40.7 Å². The van der Waals surface area contributed by atoms with Gasteiger partial charge in [-0.3, -0.25) is 9.36 Å². The number of rotatable bonds is 8. The van der Waals surface area contributed by atoms with Gasteiger partial charge >= 0.3 is 11.9 Å². The van der Waals surface area contributed by atoms with E-state index in [2.05, 4.69) is 4.99 Å². The summed E-state index contributed by atoms with van der Waals surface area (Å²) in [6.07, 6.45) is 1.80. The van der Waals surface area contributed by atoms with Crippen LogP contribution in [0.5, 0.6) is 5.75 Å². The number of nitrogens with zero attached hydrogens (tertiary/aromatic N) is 2. The van der Waals surface area contributed by atoms with Crippen LogP contribution in [0.3, 0.4) is 0 Å². The number of thiophene rings is 1. The van der Waals surface area contributed by atoms with E-state index in [1.807, 2.05) is 41.8 Å². The monoisotopic (exact) mass is 560 g/mol. The highest BCUT2D eigenvalue weighted by Gasteiger charge is 2.33. The van der Waals surface area contributed by atoms with Gasteiger partial charge in [0.25, 0.3) is 5.56 Å². The summed E-state index contributed by atoms with van der Waals surface area (Å²) in [7, 11) is 0. The standard InChI is InChI=1S/C29H24N2O6S2/c1-3-36-28(35)24-17(2)30-29-31(25(24)22-5-4-14-38-22)26(32)23(39-29)15-18-8-12-21(13-9-18)37-16-19-6-10-20(11-7-19)27(33)34/h4-15,25H,3,16H2,1-2H3,(H,33,34)/b23-15+/t25-/m0/s1. The number of thiazole rings is 1. The molecule has 1 atom stereocenters. The molecule has 1 N–H and O–H groups in total. The molecule has 4 aromatic rings. The Morgan fingerprint density at radius 2 is 1.85 bits per heavy atom. The van der Waals surface area contributed by atoms with Crippen molar-refractivity contribution < 1.29 is 24.2 Å². The maximum Gasteiger partial charge on any atom is 0.338 e. The Kier molecular flexibility index (Phi) is 7.58. The fraction of sp³-hybridized carbons (Fsp3) is 0.172. The molecule has 0 amide bonds. The van der Waals surface area contributed by atoms with E-state index in [1.165, 1.54) is 22.7 Å². The SMILES string of the molecule is CCOC(=O)C1=C(C)N=c2s/c(=C/c3ccc(OCc4ccc(C(=O)O)cc4)cc3)c(=O)n2[C@H]1c1cccs1. The van der Waals surface area contributed by atoms with E-state index in [0.29, 0.717) is 33.0 Å². The topological polar surface area (TPSA) is 107 Å². The normalized spacial score (nSPS) is 15.0. The number of carbonyl (C=O) groups excluding carboxylic acids is 1. The average Bonchev–Trinajstić information content (AvgIpc) is 3.56. The number of aromatic carboxylic acids is 1. The number of aromatic nitrogens is 1. The number of carboxylic acids is 1. The van der Waals surface area contributed by atoms with Crippen molar-refractivity contribution in [2.24, 2.45) is 4.99 Å². The smallest absolute Gasteiger partial charge is 0.338 e. The zero-order chi connectivity index (χ0) is 27.5. The Hall–Kier alpha value is -4.28. The van der Waals surface area contributed by atoms with Gasteiger partial charge in [0.1, 0.15) is 18.4 Å². The molecule has 0 unspecified atom stereocenters. The molecule has 1 aliphatic rings. The number of allylic oxidation sites excluding steroid dienone is 1. The fourth-order valence-corrected chi connectivity index (χ4v) is 6.10. The van der Waals surface area contributed by atoms with Crippen LogP contribution in [-0.4, -0.2) is 28.2 Å². The minimum absolute atomic E-state index is 0.224. The third kappa shape index (κ3) is 5.47. The predicted octanol–water partition coefficient (Wildman–Crippen LogP) is 4.14. The van der Waals surface area contributed by atoms with Gasteiger partial charge in [0.2, 0.25) is 0 Å². The van der Waals surface area contributed by atoms with E-state index in [1.54, 1.807) is 48.8 Å². The molecule has 8 nitrogen and oxygen atoms in total. The minimum atomic E-state index is -0.970. The lowest BCUT2D eigenvalue weighted by Gasteiger charge is -2.23. The second kappa shape index (κ2) is 11.2. The quantitative estimate of drug-likeness (QED) is 0.325. The fourth-order valence-electron chi connectivity index (χ4n) is 4.23. The van der Waals surface area contributed by atoms with Crippen molar-refractivity contribution in [3.63, 3.8) is 0 Å². The van der Waals surface area contributed by atoms with Gasteiger partial charge in [0.05, 0.1) is 28.0 Å². The highest BCUT2D eigenvalue weighted by molar-refractivity contribution is 7.10. The molecule has 0 saturated carbocycles. The molecule has 10 heteroatoms. The van der Waals surface area contributed by atoms with Crippen LogP contribution in [0, 0.1) is 0 Å². The molecule has 0 radical (unpaired) electrons. The molecule has 39 heavy (non-hydrogen) atoms. The maximum atomic E-state index is 13.6. The number of fused-ring (bicyclic) bond motifs is 1. The van der Waals surface area contributed by atoms with E-state index in [9.17, 15) is 14.4 Å². The van der Waals surface area contributed by atoms with Gasteiger partial charge in [0.15, 0.2) is 4.80 Å². The highest BCUT2D eigenvalue weighted by atomic mass is 32.1. The van der Waals surface area contributed by atoms with Crippen molar-refractivity contribution in [2.45, 2.75) is 26.5 Å². The Labute approximate surface area is 231 Å². The number of benzene rings is 2. The Morgan fingerprint density at radius 1 is 1.10 bits per heavy atom. The third-order valence-corrected chi connectivity index (χ3v) is 8.02. The second-order valence-corrected chi connectivity index (χ2v) is 10.7. The second-order valence-electron chi connectivity index (χ2n) is 8.68. The number of esters is 1. The summed E-state index contributed by atoms with van der Waals surface area (Å²) < 4.78 is 13.2.